The molecule has 0 aliphatic carbocycles. The molecular formula is C16H12IrNO-. The Hall–Kier alpha value is -1.70. The maximum Gasteiger partial charge on any atom is 0.0751 e. The molecule has 2 aromatic carbocycles. The molecule has 0 fully saturated rings. The summed E-state index contributed by atoms with van der Waals surface area (Å²) >= 11 is 0. The van der Waals surface area contributed by atoms with Crippen LogP contribution in [0.15, 0.2) is 54.7 Å². The van der Waals surface area contributed by atoms with Crippen molar-refractivity contribution in [3.05, 3.63) is 60.8 Å². The van der Waals surface area contributed by atoms with E-state index in [1.807, 2.05) is 42.6 Å². The Morgan fingerprint density at radius 2 is 1.95 bits per heavy atom. The number of nitrogens with zero attached hydrogens (tertiary/aromatic N) is 1. The minimum Gasteiger partial charge on any atom is -0.516 e. The van der Waals surface area contributed by atoms with E-state index < -0.39 is 0 Å². The van der Waals surface area contributed by atoms with Gasteiger partial charge in [0.05, 0.1) is 7.11 Å². The summed E-state index contributed by atoms with van der Waals surface area (Å²) in [6, 6.07) is 19.1. The second-order valence-corrected chi connectivity index (χ2v) is 4.02. The van der Waals surface area contributed by atoms with Gasteiger partial charge in [0.1, 0.15) is 0 Å². The van der Waals surface area contributed by atoms with E-state index in [1.165, 1.54) is 5.39 Å². The zero-order valence-electron chi connectivity index (χ0n) is 10.4. The van der Waals surface area contributed by atoms with Gasteiger partial charge in [-0.1, -0.05) is 24.3 Å². The van der Waals surface area contributed by atoms with E-state index in [1.54, 1.807) is 7.11 Å². The Morgan fingerprint density at radius 3 is 2.79 bits per heavy atom. The molecule has 97 valence electrons. The number of methoxy groups -OCH3 is 1. The number of hydrogen-bond donors (Lipinski definition) is 0. The van der Waals surface area contributed by atoms with E-state index >= 15 is 0 Å². The van der Waals surface area contributed by atoms with Crippen molar-refractivity contribution in [3.8, 4) is 17.0 Å². The van der Waals surface area contributed by atoms with Gasteiger partial charge in [0, 0.05) is 32.1 Å². The molecule has 0 aliphatic rings. The minimum atomic E-state index is 0. The summed E-state index contributed by atoms with van der Waals surface area (Å²) in [4.78, 5) is 4.47. The van der Waals surface area contributed by atoms with Crippen LogP contribution in [-0.2, 0) is 20.1 Å². The fourth-order valence-corrected chi connectivity index (χ4v) is 2.04. The van der Waals surface area contributed by atoms with E-state index in [2.05, 4.69) is 23.2 Å². The second kappa shape index (κ2) is 5.96. The normalized spacial score (nSPS) is 9.95. The Kier molecular flexibility index (Phi) is 4.31. The van der Waals surface area contributed by atoms with Crippen molar-refractivity contribution in [2.45, 2.75) is 0 Å². The molecule has 2 nitrogen and oxygen atoms in total. The number of aromatic nitrogens is 1. The van der Waals surface area contributed by atoms with E-state index in [0.717, 1.165) is 22.4 Å². The van der Waals surface area contributed by atoms with E-state index in [-0.39, 0.29) is 20.1 Å². The summed E-state index contributed by atoms with van der Waals surface area (Å²) in [5, 5.41) is 2.31. The monoisotopic (exact) mass is 427 g/mol. The molecule has 0 saturated carbocycles. The topological polar surface area (TPSA) is 22.1 Å². The van der Waals surface area contributed by atoms with Crippen LogP contribution in [0, 0.1) is 6.07 Å². The average molecular weight is 426 g/mol. The molecule has 0 aliphatic heterocycles. The number of pyridine rings is 1. The standard InChI is InChI=1S/C16H12NO.Ir/c1-18-14-7-4-6-13(11-14)16-15-8-3-2-5-12(15)9-10-17-16;/h2-5,7-11H,1H3;/q-1;. The van der Waals surface area contributed by atoms with Crippen LogP contribution in [0.4, 0.5) is 0 Å². The van der Waals surface area contributed by atoms with Gasteiger partial charge >= 0.3 is 0 Å². The largest absolute Gasteiger partial charge is 0.516 e. The zero-order valence-corrected chi connectivity index (χ0v) is 12.8. The fourth-order valence-electron chi connectivity index (χ4n) is 2.04. The molecule has 0 saturated heterocycles. The van der Waals surface area contributed by atoms with Crippen LogP contribution >= 0.6 is 0 Å². The van der Waals surface area contributed by atoms with Gasteiger partial charge in [0.15, 0.2) is 0 Å². The number of benzene rings is 2. The van der Waals surface area contributed by atoms with E-state index in [9.17, 15) is 0 Å². The molecule has 0 unspecified atom stereocenters. The number of rotatable bonds is 2. The van der Waals surface area contributed by atoms with E-state index in [0.29, 0.717) is 0 Å². The third kappa shape index (κ3) is 2.67. The molecule has 1 heterocycles. The predicted octanol–water partition coefficient (Wildman–Crippen LogP) is 3.71. The summed E-state index contributed by atoms with van der Waals surface area (Å²) in [5.74, 6) is 0.818. The first-order valence-corrected chi connectivity index (χ1v) is 5.78. The molecule has 3 rings (SSSR count). The van der Waals surface area contributed by atoms with Crippen molar-refractivity contribution in [2.75, 3.05) is 7.11 Å². The molecule has 19 heavy (non-hydrogen) atoms. The van der Waals surface area contributed by atoms with Gasteiger partial charge in [-0.15, -0.1) is 29.8 Å². The SMILES string of the molecule is COc1cc[c-]c(-c2nccc3ccccc23)c1.[Ir]. The van der Waals surface area contributed by atoms with Gasteiger partial charge in [-0.05, 0) is 22.5 Å². The molecule has 1 aromatic heterocycles. The van der Waals surface area contributed by atoms with Crippen molar-refractivity contribution < 1.29 is 24.8 Å². The smallest absolute Gasteiger partial charge is 0.0751 e. The van der Waals surface area contributed by atoms with Crippen LogP contribution in [0.2, 0.25) is 0 Å². The predicted molar refractivity (Wildman–Crippen MR) is 72.6 cm³/mol. The molecule has 0 bridgehead atoms. The van der Waals surface area contributed by atoms with Crippen molar-refractivity contribution in [2.24, 2.45) is 0 Å². The van der Waals surface area contributed by atoms with Crippen molar-refractivity contribution >= 4 is 10.8 Å². The van der Waals surface area contributed by atoms with Crippen LogP contribution in [0.3, 0.4) is 0 Å². The minimum absolute atomic E-state index is 0. The van der Waals surface area contributed by atoms with Gasteiger partial charge in [-0.25, -0.2) is 0 Å². The zero-order chi connectivity index (χ0) is 12.4. The molecular weight excluding hydrogens is 414 g/mol. The molecule has 0 spiro atoms. The third-order valence-corrected chi connectivity index (χ3v) is 2.94. The first-order valence-electron chi connectivity index (χ1n) is 5.78. The summed E-state index contributed by atoms with van der Waals surface area (Å²) in [5.41, 5.74) is 1.89. The Labute approximate surface area is 125 Å². The van der Waals surface area contributed by atoms with Crippen molar-refractivity contribution in [1.29, 1.82) is 0 Å². The Bertz CT molecular complexity index is 692. The summed E-state index contributed by atoms with van der Waals surface area (Å²) in [6.45, 7) is 0. The number of ether oxygens (including phenoxy) is 1. The molecule has 0 amide bonds. The van der Waals surface area contributed by atoms with Gasteiger partial charge in [0.25, 0.3) is 0 Å². The molecule has 3 aromatic rings. The Morgan fingerprint density at radius 1 is 1.11 bits per heavy atom. The second-order valence-electron chi connectivity index (χ2n) is 4.02. The average Bonchev–Trinajstić information content (AvgIpc) is 2.47. The van der Waals surface area contributed by atoms with Gasteiger partial charge in [-0.2, -0.15) is 0 Å². The summed E-state index contributed by atoms with van der Waals surface area (Å²) in [6.07, 6.45) is 1.82. The van der Waals surface area contributed by atoms with Crippen LogP contribution < -0.4 is 4.74 Å². The molecule has 0 atom stereocenters. The first kappa shape index (κ1) is 13.7. The Balaban J connectivity index is 0.00000133. The molecule has 1 radical (unpaired) electrons. The summed E-state index contributed by atoms with van der Waals surface area (Å²) < 4.78 is 5.24. The molecule has 3 heteroatoms. The number of hydrogen-bond acceptors (Lipinski definition) is 2. The maximum atomic E-state index is 5.24. The van der Waals surface area contributed by atoms with Crippen LogP contribution in [-0.4, -0.2) is 12.1 Å². The third-order valence-electron chi connectivity index (χ3n) is 2.94. The van der Waals surface area contributed by atoms with Crippen molar-refractivity contribution in [1.82, 2.24) is 4.98 Å². The van der Waals surface area contributed by atoms with Crippen molar-refractivity contribution in [3.63, 3.8) is 0 Å². The summed E-state index contributed by atoms with van der Waals surface area (Å²) in [7, 11) is 1.66. The van der Waals surface area contributed by atoms with E-state index in [4.69, 9.17) is 4.74 Å². The quantitative estimate of drug-likeness (QED) is 0.583. The number of fused-ring (bicyclic) bond motifs is 1. The van der Waals surface area contributed by atoms with Crippen LogP contribution in [0.1, 0.15) is 0 Å². The van der Waals surface area contributed by atoms with Gasteiger partial charge in [-0.3, -0.25) is 0 Å². The van der Waals surface area contributed by atoms with Gasteiger partial charge < -0.3 is 9.72 Å². The van der Waals surface area contributed by atoms with Crippen LogP contribution in [0.5, 0.6) is 5.75 Å². The molecule has 0 N–H and O–H groups in total. The maximum absolute atomic E-state index is 5.24. The van der Waals surface area contributed by atoms with Crippen LogP contribution in [0.25, 0.3) is 22.0 Å². The first-order chi connectivity index (χ1) is 8.88. The fraction of sp³-hybridized carbons (Fsp3) is 0.0625. The van der Waals surface area contributed by atoms with Gasteiger partial charge in [0.2, 0.25) is 0 Å².